The van der Waals surface area contributed by atoms with E-state index in [-0.39, 0.29) is 0 Å². The molecule has 1 heterocycles. The van der Waals surface area contributed by atoms with Crippen molar-refractivity contribution >= 4 is 22.0 Å². The van der Waals surface area contributed by atoms with Crippen molar-refractivity contribution in [3.05, 3.63) is 52.1 Å². The Bertz CT molecular complexity index is 647. The second-order valence-corrected chi connectivity index (χ2v) is 5.31. The third-order valence-electron chi connectivity index (χ3n) is 2.77. The van der Waals surface area contributed by atoms with E-state index in [2.05, 4.69) is 26.2 Å². The lowest BCUT2D eigenvalue weighted by atomic mass is 10.1. The molecule has 0 aliphatic carbocycles. The zero-order valence-corrected chi connectivity index (χ0v) is 13.1. The number of aryl methyl sites for hydroxylation is 1. The van der Waals surface area contributed by atoms with Crippen LogP contribution in [0.4, 0.5) is 4.79 Å². The third-order valence-corrected chi connectivity index (χ3v) is 3.55. The first-order valence-electron chi connectivity index (χ1n) is 6.41. The van der Waals surface area contributed by atoms with E-state index in [1.807, 2.05) is 37.3 Å². The molecule has 0 fully saturated rings. The van der Waals surface area contributed by atoms with Crippen molar-refractivity contribution in [2.24, 2.45) is 0 Å². The lowest BCUT2D eigenvalue weighted by molar-refractivity contribution is 0.194. The van der Waals surface area contributed by atoms with E-state index in [0.29, 0.717) is 24.6 Å². The first-order chi connectivity index (χ1) is 10.0. The Morgan fingerprint density at radius 3 is 2.90 bits per heavy atom. The third kappa shape index (κ3) is 4.75. The van der Waals surface area contributed by atoms with Crippen LogP contribution in [0.15, 0.2) is 40.9 Å². The van der Waals surface area contributed by atoms with Crippen molar-refractivity contribution in [3.63, 3.8) is 0 Å². The molecule has 0 spiro atoms. The number of benzene rings is 1. The largest absolute Gasteiger partial charge is 0.465 e. The van der Waals surface area contributed by atoms with E-state index in [1.54, 1.807) is 6.07 Å². The summed E-state index contributed by atoms with van der Waals surface area (Å²) in [5, 5.41) is 10.9. The monoisotopic (exact) mass is 350 g/mol. The smallest absolute Gasteiger partial charge is 0.404 e. The Morgan fingerprint density at radius 1 is 1.38 bits per heavy atom. The van der Waals surface area contributed by atoms with Crippen molar-refractivity contribution in [1.82, 2.24) is 10.3 Å². The first kappa shape index (κ1) is 15.3. The van der Waals surface area contributed by atoms with Gasteiger partial charge in [-0.1, -0.05) is 22.0 Å². The van der Waals surface area contributed by atoms with Gasteiger partial charge in [0.25, 0.3) is 0 Å². The van der Waals surface area contributed by atoms with Gasteiger partial charge in [0, 0.05) is 22.8 Å². The van der Waals surface area contributed by atoms with Gasteiger partial charge in [-0.05, 0) is 43.2 Å². The number of nitrogens with one attached hydrogen (secondary N) is 1. The normalized spacial score (nSPS) is 10.2. The molecule has 1 aromatic carbocycles. The van der Waals surface area contributed by atoms with Crippen LogP contribution in [0.3, 0.4) is 0 Å². The lowest BCUT2D eigenvalue weighted by Crippen LogP contribution is -2.23. The number of hydrogen-bond acceptors (Lipinski definition) is 3. The standard InChI is InChI=1S/C15H15BrN2O3/c1-10-3-2-4-14(18-10)21-12-5-6-13(16)11(9-12)7-8-17-15(19)20/h2-6,9,17H,7-8H2,1H3,(H,19,20). The molecule has 2 rings (SSSR count). The number of pyridine rings is 1. The number of carbonyl (C=O) groups is 1. The summed E-state index contributed by atoms with van der Waals surface area (Å²) >= 11 is 3.45. The molecule has 21 heavy (non-hydrogen) atoms. The van der Waals surface area contributed by atoms with Gasteiger partial charge in [-0.3, -0.25) is 0 Å². The Kier molecular flexibility index (Phi) is 5.16. The second kappa shape index (κ2) is 7.08. The van der Waals surface area contributed by atoms with E-state index >= 15 is 0 Å². The highest BCUT2D eigenvalue weighted by molar-refractivity contribution is 9.10. The zero-order valence-electron chi connectivity index (χ0n) is 11.5. The van der Waals surface area contributed by atoms with Crippen LogP contribution in [0.25, 0.3) is 0 Å². The van der Waals surface area contributed by atoms with Gasteiger partial charge in [0.1, 0.15) is 5.75 Å². The average Bonchev–Trinajstić information content (AvgIpc) is 2.42. The Labute approximate surface area is 131 Å². The molecule has 0 bridgehead atoms. The van der Waals surface area contributed by atoms with Gasteiger partial charge in [-0.2, -0.15) is 0 Å². The van der Waals surface area contributed by atoms with Crippen molar-refractivity contribution in [2.75, 3.05) is 6.54 Å². The zero-order chi connectivity index (χ0) is 15.2. The van der Waals surface area contributed by atoms with Gasteiger partial charge < -0.3 is 15.2 Å². The van der Waals surface area contributed by atoms with Crippen LogP contribution in [0.5, 0.6) is 11.6 Å². The molecule has 0 saturated carbocycles. The summed E-state index contributed by atoms with van der Waals surface area (Å²) in [5.41, 5.74) is 1.85. The molecule has 5 nitrogen and oxygen atoms in total. The van der Waals surface area contributed by atoms with E-state index in [4.69, 9.17) is 9.84 Å². The van der Waals surface area contributed by atoms with Crippen LogP contribution < -0.4 is 10.1 Å². The van der Waals surface area contributed by atoms with Gasteiger partial charge >= 0.3 is 6.09 Å². The highest BCUT2D eigenvalue weighted by Gasteiger charge is 2.05. The average molecular weight is 351 g/mol. The minimum atomic E-state index is -1.03. The Morgan fingerprint density at radius 2 is 2.19 bits per heavy atom. The summed E-state index contributed by atoms with van der Waals surface area (Å²) in [6.07, 6.45) is -0.451. The number of rotatable bonds is 5. The molecule has 0 atom stereocenters. The van der Waals surface area contributed by atoms with Gasteiger partial charge in [0.05, 0.1) is 0 Å². The maximum atomic E-state index is 10.5. The quantitative estimate of drug-likeness (QED) is 0.861. The Hall–Kier alpha value is -2.08. The molecule has 2 N–H and O–H groups in total. The summed E-state index contributed by atoms with van der Waals surface area (Å²) in [5.74, 6) is 1.20. The molecular weight excluding hydrogens is 336 g/mol. The van der Waals surface area contributed by atoms with Crippen LogP contribution >= 0.6 is 15.9 Å². The molecule has 0 aliphatic rings. The molecule has 6 heteroatoms. The molecule has 0 radical (unpaired) electrons. The molecule has 0 saturated heterocycles. The maximum absolute atomic E-state index is 10.5. The van der Waals surface area contributed by atoms with Crippen molar-refractivity contribution in [2.45, 2.75) is 13.3 Å². The number of hydrogen-bond donors (Lipinski definition) is 2. The predicted octanol–water partition coefficient (Wildman–Crippen LogP) is 3.75. The predicted molar refractivity (Wildman–Crippen MR) is 82.9 cm³/mol. The summed E-state index contributed by atoms with van der Waals surface area (Å²) in [6.45, 7) is 2.25. The number of carboxylic acid groups (broad SMARTS) is 1. The van der Waals surface area contributed by atoms with Crippen molar-refractivity contribution < 1.29 is 14.6 Å². The van der Waals surface area contributed by atoms with Crippen LogP contribution in [-0.4, -0.2) is 22.7 Å². The van der Waals surface area contributed by atoms with E-state index in [1.165, 1.54) is 0 Å². The molecule has 1 aromatic heterocycles. The van der Waals surface area contributed by atoms with E-state index in [0.717, 1.165) is 15.7 Å². The molecular formula is C15H15BrN2O3. The molecule has 1 amide bonds. The second-order valence-electron chi connectivity index (χ2n) is 4.45. The number of halogens is 1. The van der Waals surface area contributed by atoms with Gasteiger partial charge in [-0.25, -0.2) is 9.78 Å². The topological polar surface area (TPSA) is 71.5 Å². The molecule has 0 aliphatic heterocycles. The fraction of sp³-hybridized carbons (Fsp3) is 0.200. The minimum Gasteiger partial charge on any atom is -0.465 e. The molecule has 0 unspecified atom stereocenters. The lowest BCUT2D eigenvalue weighted by Gasteiger charge is -2.09. The van der Waals surface area contributed by atoms with Gasteiger partial charge in [0.15, 0.2) is 0 Å². The highest BCUT2D eigenvalue weighted by atomic mass is 79.9. The SMILES string of the molecule is Cc1cccc(Oc2ccc(Br)c(CCNC(=O)O)c2)n1. The Balaban J connectivity index is 2.09. The first-order valence-corrected chi connectivity index (χ1v) is 7.20. The highest BCUT2D eigenvalue weighted by Crippen LogP contribution is 2.26. The van der Waals surface area contributed by atoms with E-state index < -0.39 is 6.09 Å². The van der Waals surface area contributed by atoms with Crippen LogP contribution in [0.1, 0.15) is 11.3 Å². The fourth-order valence-corrected chi connectivity index (χ4v) is 2.25. The summed E-state index contributed by atoms with van der Waals surface area (Å²) in [7, 11) is 0. The van der Waals surface area contributed by atoms with Crippen molar-refractivity contribution in [1.29, 1.82) is 0 Å². The fourth-order valence-electron chi connectivity index (χ4n) is 1.81. The summed E-state index contributed by atoms with van der Waals surface area (Å²) in [4.78, 5) is 14.7. The number of ether oxygens (including phenoxy) is 1. The maximum Gasteiger partial charge on any atom is 0.404 e. The summed E-state index contributed by atoms with van der Waals surface area (Å²) < 4.78 is 6.63. The van der Waals surface area contributed by atoms with Crippen LogP contribution in [-0.2, 0) is 6.42 Å². The van der Waals surface area contributed by atoms with Crippen LogP contribution in [0.2, 0.25) is 0 Å². The number of nitrogens with zero attached hydrogens (tertiary/aromatic N) is 1. The van der Waals surface area contributed by atoms with Gasteiger partial charge in [-0.15, -0.1) is 0 Å². The number of amides is 1. The molecule has 2 aromatic rings. The minimum absolute atomic E-state index is 0.347. The summed E-state index contributed by atoms with van der Waals surface area (Å²) in [6, 6.07) is 11.2. The number of aromatic nitrogens is 1. The molecule has 110 valence electrons. The van der Waals surface area contributed by atoms with Crippen LogP contribution in [0, 0.1) is 6.92 Å². The van der Waals surface area contributed by atoms with E-state index in [9.17, 15) is 4.79 Å². The van der Waals surface area contributed by atoms with Gasteiger partial charge in [0.2, 0.25) is 5.88 Å². The van der Waals surface area contributed by atoms with Crippen molar-refractivity contribution in [3.8, 4) is 11.6 Å².